The molecular weight excluding hydrogens is 280 g/mol. The summed E-state index contributed by atoms with van der Waals surface area (Å²) in [6.07, 6.45) is -0.336. The molecule has 2 aromatic rings. The van der Waals surface area contributed by atoms with E-state index < -0.39 is 5.60 Å². The van der Waals surface area contributed by atoms with Gasteiger partial charge < -0.3 is 14.6 Å². The van der Waals surface area contributed by atoms with Crippen LogP contribution in [0, 0.1) is 0 Å². The second kappa shape index (κ2) is 6.22. The summed E-state index contributed by atoms with van der Waals surface area (Å²) in [4.78, 5) is 28.0. The van der Waals surface area contributed by atoms with Crippen LogP contribution in [-0.2, 0) is 11.3 Å². The topological polar surface area (TPSA) is 62.4 Å². The van der Waals surface area contributed by atoms with Crippen molar-refractivity contribution in [1.82, 2.24) is 9.88 Å². The lowest BCUT2D eigenvalue weighted by Crippen LogP contribution is -2.36. The summed E-state index contributed by atoms with van der Waals surface area (Å²) < 4.78 is 5.40. The van der Waals surface area contributed by atoms with E-state index in [-0.39, 0.29) is 11.7 Å². The standard InChI is InChI=1S/C17H22N2O3/c1-5-19(16(21)22-17(2,3)4)11-12-6-7-13-8-9-15(20)18-14(13)10-12/h6-10H,5,11H2,1-4H3,(H,18,20). The minimum atomic E-state index is -0.515. The molecule has 5 heteroatoms. The molecule has 1 aromatic carbocycles. The molecule has 0 saturated heterocycles. The van der Waals surface area contributed by atoms with Gasteiger partial charge in [-0.3, -0.25) is 4.79 Å². The zero-order chi connectivity index (χ0) is 16.3. The molecule has 2 rings (SSSR count). The number of ether oxygens (including phenoxy) is 1. The highest BCUT2D eigenvalue weighted by atomic mass is 16.6. The monoisotopic (exact) mass is 302 g/mol. The van der Waals surface area contributed by atoms with Crippen molar-refractivity contribution in [2.75, 3.05) is 6.54 Å². The van der Waals surface area contributed by atoms with Crippen molar-refractivity contribution in [3.8, 4) is 0 Å². The maximum atomic E-state index is 12.2. The number of hydrogen-bond acceptors (Lipinski definition) is 3. The molecule has 22 heavy (non-hydrogen) atoms. The van der Waals surface area contributed by atoms with Crippen LogP contribution in [0.4, 0.5) is 4.79 Å². The molecule has 118 valence electrons. The van der Waals surface area contributed by atoms with E-state index in [1.807, 2.05) is 45.9 Å². The molecule has 0 bridgehead atoms. The fourth-order valence-electron chi connectivity index (χ4n) is 2.15. The summed E-state index contributed by atoms with van der Waals surface area (Å²) in [6.45, 7) is 8.45. The van der Waals surface area contributed by atoms with E-state index in [4.69, 9.17) is 4.74 Å². The van der Waals surface area contributed by atoms with Gasteiger partial charge in [0.15, 0.2) is 0 Å². The van der Waals surface area contributed by atoms with E-state index >= 15 is 0 Å². The summed E-state index contributed by atoms with van der Waals surface area (Å²) in [6, 6.07) is 9.06. The Kier molecular flexibility index (Phi) is 4.54. The quantitative estimate of drug-likeness (QED) is 0.946. The van der Waals surface area contributed by atoms with Crippen LogP contribution >= 0.6 is 0 Å². The van der Waals surface area contributed by atoms with Gasteiger partial charge in [-0.2, -0.15) is 0 Å². The van der Waals surface area contributed by atoms with E-state index in [1.165, 1.54) is 6.07 Å². The Hall–Kier alpha value is -2.30. The number of carbonyl (C=O) groups is 1. The summed E-state index contributed by atoms with van der Waals surface area (Å²) in [5, 5.41) is 0.962. The van der Waals surface area contributed by atoms with Crippen LogP contribution in [0.15, 0.2) is 35.1 Å². The Labute approximate surface area is 129 Å². The summed E-state index contributed by atoms with van der Waals surface area (Å²) >= 11 is 0. The Morgan fingerprint density at radius 3 is 2.55 bits per heavy atom. The van der Waals surface area contributed by atoms with Gasteiger partial charge >= 0.3 is 6.09 Å². The van der Waals surface area contributed by atoms with E-state index in [1.54, 1.807) is 11.0 Å². The lowest BCUT2D eigenvalue weighted by atomic mass is 10.1. The van der Waals surface area contributed by atoms with Gasteiger partial charge in [-0.25, -0.2) is 4.79 Å². The molecule has 0 unspecified atom stereocenters. The number of amides is 1. The van der Waals surface area contributed by atoms with Crippen LogP contribution in [0.5, 0.6) is 0 Å². The largest absolute Gasteiger partial charge is 0.444 e. The van der Waals surface area contributed by atoms with E-state index in [9.17, 15) is 9.59 Å². The van der Waals surface area contributed by atoms with Crippen LogP contribution in [-0.4, -0.2) is 28.1 Å². The molecule has 0 aliphatic rings. The number of rotatable bonds is 3. The fourth-order valence-corrected chi connectivity index (χ4v) is 2.15. The summed E-state index contributed by atoms with van der Waals surface area (Å²) in [7, 11) is 0. The number of nitrogens with zero attached hydrogens (tertiary/aromatic N) is 1. The van der Waals surface area contributed by atoms with Crippen LogP contribution in [0.2, 0.25) is 0 Å². The first kappa shape index (κ1) is 16.1. The van der Waals surface area contributed by atoms with Gasteiger partial charge in [0, 0.05) is 24.7 Å². The summed E-state index contributed by atoms with van der Waals surface area (Å²) in [5.74, 6) is 0. The van der Waals surface area contributed by atoms with Gasteiger partial charge in [0.25, 0.3) is 0 Å². The van der Waals surface area contributed by atoms with Crippen LogP contribution in [0.1, 0.15) is 33.3 Å². The molecule has 1 aromatic heterocycles. The maximum Gasteiger partial charge on any atom is 0.410 e. The van der Waals surface area contributed by atoms with Crippen molar-refractivity contribution in [2.45, 2.75) is 39.8 Å². The van der Waals surface area contributed by atoms with Gasteiger partial charge in [-0.1, -0.05) is 12.1 Å². The molecule has 1 amide bonds. The average molecular weight is 302 g/mol. The molecule has 5 nitrogen and oxygen atoms in total. The molecule has 0 atom stereocenters. The Morgan fingerprint density at radius 1 is 1.23 bits per heavy atom. The number of pyridine rings is 1. The van der Waals surface area contributed by atoms with E-state index in [0.29, 0.717) is 13.1 Å². The van der Waals surface area contributed by atoms with Crippen LogP contribution in [0.25, 0.3) is 10.9 Å². The number of aromatic amines is 1. The zero-order valence-electron chi connectivity index (χ0n) is 13.5. The second-order valence-electron chi connectivity index (χ2n) is 6.24. The molecule has 0 saturated carbocycles. The fraction of sp³-hybridized carbons (Fsp3) is 0.412. The van der Waals surface area contributed by atoms with Crippen molar-refractivity contribution in [2.24, 2.45) is 0 Å². The zero-order valence-corrected chi connectivity index (χ0v) is 13.5. The number of carbonyl (C=O) groups excluding carboxylic acids is 1. The predicted molar refractivity (Wildman–Crippen MR) is 86.9 cm³/mol. The SMILES string of the molecule is CCN(Cc1ccc2ccc(=O)[nH]c2c1)C(=O)OC(C)(C)C. The lowest BCUT2D eigenvalue weighted by Gasteiger charge is -2.26. The number of nitrogens with one attached hydrogen (secondary N) is 1. The molecule has 0 spiro atoms. The minimum Gasteiger partial charge on any atom is -0.444 e. The Morgan fingerprint density at radius 2 is 1.91 bits per heavy atom. The Balaban J connectivity index is 2.20. The third-order valence-electron chi connectivity index (χ3n) is 3.20. The highest BCUT2D eigenvalue weighted by molar-refractivity contribution is 5.79. The number of hydrogen-bond donors (Lipinski definition) is 1. The van der Waals surface area contributed by atoms with Gasteiger partial charge in [0.2, 0.25) is 5.56 Å². The van der Waals surface area contributed by atoms with E-state index in [0.717, 1.165) is 16.5 Å². The van der Waals surface area contributed by atoms with Crippen molar-refractivity contribution in [1.29, 1.82) is 0 Å². The molecule has 0 radical (unpaired) electrons. The number of aromatic nitrogens is 1. The first-order chi connectivity index (χ1) is 10.3. The van der Waals surface area contributed by atoms with Crippen molar-refractivity contribution < 1.29 is 9.53 Å². The van der Waals surface area contributed by atoms with Gasteiger partial charge in [-0.15, -0.1) is 0 Å². The molecule has 0 fully saturated rings. The normalized spacial score (nSPS) is 11.5. The lowest BCUT2D eigenvalue weighted by molar-refractivity contribution is 0.0244. The van der Waals surface area contributed by atoms with Crippen LogP contribution in [0.3, 0.4) is 0 Å². The van der Waals surface area contributed by atoms with Gasteiger partial charge in [-0.05, 0) is 50.8 Å². The second-order valence-corrected chi connectivity index (χ2v) is 6.24. The number of H-pyrrole nitrogens is 1. The van der Waals surface area contributed by atoms with Crippen molar-refractivity contribution >= 4 is 17.0 Å². The third-order valence-corrected chi connectivity index (χ3v) is 3.20. The van der Waals surface area contributed by atoms with E-state index in [2.05, 4.69) is 4.98 Å². The average Bonchev–Trinajstić information content (AvgIpc) is 2.42. The smallest absolute Gasteiger partial charge is 0.410 e. The van der Waals surface area contributed by atoms with Gasteiger partial charge in [0.1, 0.15) is 5.60 Å². The maximum absolute atomic E-state index is 12.2. The summed E-state index contributed by atoms with van der Waals surface area (Å²) in [5.41, 5.74) is 1.07. The first-order valence-corrected chi connectivity index (χ1v) is 7.38. The van der Waals surface area contributed by atoms with Gasteiger partial charge in [0.05, 0.1) is 0 Å². The minimum absolute atomic E-state index is 0.135. The van der Waals surface area contributed by atoms with Crippen molar-refractivity contribution in [3.63, 3.8) is 0 Å². The van der Waals surface area contributed by atoms with Crippen LogP contribution < -0.4 is 5.56 Å². The third kappa shape index (κ3) is 4.10. The highest BCUT2D eigenvalue weighted by Crippen LogP contribution is 2.16. The number of benzene rings is 1. The molecular formula is C17H22N2O3. The number of fused-ring (bicyclic) bond motifs is 1. The molecule has 0 aliphatic carbocycles. The molecule has 1 heterocycles. The molecule has 0 aliphatic heterocycles. The Bertz CT molecular complexity index is 728. The van der Waals surface area contributed by atoms with Crippen molar-refractivity contribution in [3.05, 3.63) is 46.2 Å². The highest BCUT2D eigenvalue weighted by Gasteiger charge is 2.21. The first-order valence-electron chi connectivity index (χ1n) is 7.38. The predicted octanol–water partition coefficient (Wildman–Crippen LogP) is 3.29. The molecule has 1 N–H and O–H groups in total.